The third kappa shape index (κ3) is 1.89. The number of pyridine rings is 1. The minimum atomic E-state index is -2.75. The maximum absolute atomic E-state index is 12.4. The number of hydrogen-bond donors (Lipinski definition) is 0. The van der Waals surface area contributed by atoms with E-state index in [0.29, 0.717) is 6.29 Å². The third-order valence-corrected chi connectivity index (χ3v) is 2.18. The lowest BCUT2D eigenvalue weighted by molar-refractivity contribution is 0.110. The highest BCUT2D eigenvalue weighted by molar-refractivity contribution is 9.10. The Morgan fingerprint density at radius 1 is 1.64 bits per heavy atom. The summed E-state index contributed by atoms with van der Waals surface area (Å²) in [7, 11) is 1.28. The first-order valence-corrected chi connectivity index (χ1v) is 4.36. The van der Waals surface area contributed by atoms with E-state index in [4.69, 9.17) is 4.74 Å². The van der Waals surface area contributed by atoms with E-state index >= 15 is 0 Å². The molecule has 0 N–H and O–H groups in total. The van der Waals surface area contributed by atoms with Crippen molar-refractivity contribution in [3.63, 3.8) is 0 Å². The molecule has 1 aromatic heterocycles. The zero-order valence-corrected chi connectivity index (χ0v) is 8.72. The Morgan fingerprint density at radius 3 is 2.71 bits per heavy atom. The number of rotatable bonds is 3. The number of alkyl halides is 2. The first-order chi connectivity index (χ1) is 6.61. The molecule has 0 saturated heterocycles. The van der Waals surface area contributed by atoms with Crippen LogP contribution in [0.4, 0.5) is 8.78 Å². The molecule has 0 atom stereocenters. The van der Waals surface area contributed by atoms with Gasteiger partial charge in [-0.05, 0) is 15.9 Å². The molecule has 0 radical (unpaired) electrons. The molecule has 76 valence electrons. The molecule has 0 spiro atoms. The summed E-state index contributed by atoms with van der Waals surface area (Å²) in [5.74, 6) is 0.0257. The molecule has 1 aromatic rings. The van der Waals surface area contributed by atoms with Gasteiger partial charge < -0.3 is 4.74 Å². The SMILES string of the molecule is COc1c(Br)ncc(C(F)F)c1C=O. The number of methoxy groups -OCH3 is 1. The summed E-state index contributed by atoms with van der Waals surface area (Å²) in [6.45, 7) is 0. The van der Waals surface area contributed by atoms with Gasteiger partial charge in [-0.3, -0.25) is 4.79 Å². The standard InChI is InChI=1S/C8H6BrF2NO2/c1-14-6-5(3-13)4(8(10)11)2-12-7(6)9/h2-3,8H,1H3. The summed E-state index contributed by atoms with van der Waals surface area (Å²) in [4.78, 5) is 14.2. The summed E-state index contributed by atoms with van der Waals surface area (Å²) in [5, 5.41) is 0. The summed E-state index contributed by atoms with van der Waals surface area (Å²) >= 11 is 2.99. The maximum Gasteiger partial charge on any atom is 0.266 e. The number of hydrogen-bond acceptors (Lipinski definition) is 3. The van der Waals surface area contributed by atoms with Crippen molar-refractivity contribution >= 4 is 22.2 Å². The average Bonchev–Trinajstić information content (AvgIpc) is 2.16. The Hall–Kier alpha value is -1.04. The van der Waals surface area contributed by atoms with Crippen LogP contribution in [0.3, 0.4) is 0 Å². The van der Waals surface area contributed by atoms with Gasteiger partial charge in [0, 0.05) is 6.20 Å². The fourth-order valence-corrected chi connectivity index (χ4v) is 1.46. The predicted octanol–water partition coefficient (Wildman–Crippen LogP) is 2.60. The van der Waals surface area contributed by atoms with Crippen LogP contribution < -0.4 is 4.74 Å². The van der Waals surface area contributed by atoms with Gasteiger partial charge in [0.05, 0.1) is 18.2 Å². The second-order valence-corrected chi connectivity index (χ2v) is 3.12. The van der Waals surface area contributed by atoms with Gasteiger partial charge in [0.2, 0.25) is 0 Å². The van der Waals surface area contributed by atoms with Crippen molar-refractivity contribution in [1.82, 2.24) is 4.98 Å². The number of carbonyl (C=O) groups is 1. The van der Waals surface area contributed by atoms with E-state index in [1.54, 1.807) is 0 Å². The molecule has 0 saturated carbocycles. The van der Waals surface area contributed by atoms with Crippen LogP contribution in [0.1, 0.15) is 22.3 Å². The quantitative estimate of drug-likeness (QED) is 0.623. The van der Waals surface area contributed by atoms with Gasteiger partial charge in [-0.1, -0.05) is 0 Å². The molecule has 3 nitrogen and oxygen atoms in total. The van der Waals surface area contributed by atoms with Gasteiger partial charge in [0.25, 0.3) is 6.43 Å². The zero-order valence-electron chi connectivity index (χ0n) is 7.13. The zero-order chi connectivity index (χ0) is 10.7. The fourth-order valence-electron chi connectivity index (χ4n) is 0.986. The summed E-state index contributed by atoms with van der Waals surface area (Å²) in [6, 6.07) is 0. The predicted molar refractivity (Wildman–Crippen MR) is 48.8 cm³/mol. The number of aldehydes is 1. The molecule has 0 fully saturated rings. The molecule has 14 heavy (non-hydrogen) atoms. The number of nitrogens with zero attached hydrogens (tertiary/aromatic N) is 1. The fraction of sp³-hybridized carbons (Fsp3) is 0.250. The van der Waals surface area contributed by atoms with E-state index in [2.05, 4.69) is 20.9 Å². The van der Waals surface area contributed by atoms with Crippen molar-refractivity contribution in [2.24, 2.45) is 0 Å². The Labute approximate surface area is 87.2 Å². The van der Waals surface area contributed by atoms with E-state index < -0.39 is 12.0 Å². The van der Waals surface area contributed by atoms with Crippen LogP contribution in [0.25, 0.3) is 0 Å². The van der Waals surface area contributed by atoms with Gasteiger partial charge in [0.1, 0.15) is 4.60 Å². The highest BCUT2D eigenvalue weighted by atomic mass is 79.9. The number of ether oxygens (including phenoxy) is 1. The minimum Gasteiger partial charge on any atom is -0.493 e. The van der Waals surface area contributed by atoms with Gasteiger partial charge >= 0.3 is 0 Å². The highest BCUT2D eigenvalue weighted by Crippen LogP contribution is 2.32. The first-order valence-electron chi connectivity index (χ1n) is 3.57. The Balaban J connectivity index is 3.40. The Morgan fingerprint density at radius 2 is 2.29 bits per heavy atom. The Kier molecular flexibility index (Phi) is 3.51. The number of aromatic nitrogens is 1. The van der Waals surface area contributed by atoms with Crippen LogP contribution in [-0.2, 0) is 0 Å². The van der Waals surface area contributed by atoms with Crippen molar-refractivity contribution < 1.29 is 18.3 Å². The number of carbonyl (C=O) groups excluding carboxylic acids is 1. The minimum absolute atomic E-state index is 0.0257. The molecular formula is C8H6BrF2NO2. The molecular weight excluding hydrogens is 260 g/mol. The summed E-state index contributed by atoms with van der Waals surface area (Å²) in [5.41, 5.74) is -0.607. The third-order valence-electron chi connectivity index (χ3n) is 1.62. The van der Waals surface area contributed by atoms with Crippen molar-refractivity contribution in [3.8, 4) is 5.75 Å². The molecule has 1 heterocycles. The summed E-state index contributed by atoms with van der Waals surface area (Å²) in [6.07, 6.45) is -1.47. The monoisotopic (exact) mass is 265 g/mol. The largest absolute Gasteiger partial charge is 0.493 e. The molecule has 0 amide bonds. The lowest BCUT2D eigenvalue weighted by Crippen LogP contribution is -2.00. The van der Waals surface area contributed by atoms with Crippen molar-refractivity contribution in [2.45, 2.75) is 6.43 Å². The highest BCUT2D eigenvalue weighted by Gasteiger charge is 2.19. The van der Waals surface area contributed by atoms with E-state index in [0.717, 1.165) is 6.20 Å². The van der Waals surface area contributed by atoms with Gasteiger partial charge in [0.15, 0.2) is 12.0 Å². The second-order valence-electron chi connectivity index (χ2n) is 2.37. The normalized spacial score (nSPS) is 10.4. The maximum atomic E-state index is 12.4. The topological polar surface area (TPSA) is 39.2 Å². The van der Waals surface area contributed by atoms with Crippen LogP contribution in [0, 0.1) is 0 Å². The summed E-state index contributed by atoms with van der Waals surface area (Å²) < 4.78 is 29.8. The van der Waals surface area contributed by atoms with E-state index in [1.165, 1.54) is 7.11 Å². The van der Waals surface area contributed by atoms with E-state index in [-0.39, 0.29) is 15.9 Å². The van der Waals surface area contributed by atoms with Crippen molar-refractivity contribution in [2.75, 3.05) is 7.11 Å². The molecule has 6 heteroatoms. The van der Waals surface area contributed by atoms with Gasteiger partial charge in [-0.25, -0.2) is 13.8 Å². The van der Waals surface area contributed by atoms with Crippen LogP contribution in [0.15, 0.2) is 10.8 Å². The molecule has 0 aromatic carbocycles. The molecule has 0 aliphatic heterocycles. The van der Waals surface area contributed by atoms with Crippen molar-refractivity contribution in [3.05, 3.63) is 21.9 Å². The molecule has 0 bridgehead atoms. The molecule has 0 aliphatic carbocycles. The van der Waals surface area contributed by atoms with Crippen LogP contribution in [0.5, 0.6) is 5.75 Å². The average molecular weight is 266 g/mol. The van der Waals surface area contributed by atoms with Crippen LogP contribution >= 0.6 is 15.9 Å². The molecule has 0 aliphatic rings. The lowest BCUT2D eigenvalue weighted by Gasteiger charge is -2.09. The first kappa shape index (κ1) is 11.0. The van der Waals surface area contributed by atoms with Crippen molar-refractivity contribution in [1.29, 1.82) is 0 Å². The Bertz CT molecular complexity index is 357. The van der Waals surface area contributed by atoms with Gasteiger partial charge in [-0.2, -0.15) is 0 Å². The van der Waals surface area contributed by atoms with E-state index in [9.17, 15) is 13.6 Å². The van der Waals surface area contributed by atoms with Gasteiger partial charge in [-0.15, -0.1) is 0 Å². The molecule has 0 unspecified atom stereocenters. The molecule has 1 rings (SSSR count). The van der Waals surface area contributed by atoms with Crippen LogP contribution in [0.2, 0.25) is 0 Å². The number of halogens is 3. The van der Waals surface area contributed by atoms with Crippen LogP contribution in [-0.4, -0.2) is 18.4 Å². The smallest absolute Gasteiger partial charge is 0.266 e. The second kappa shape index (κ2) is 4.45. The van der Waals surface area contributed by atoms with E-state index in [1.807, 2.05) is 0 Å². The lowest BCUT2D eigenvalue weighted by atomic mass is 10.1.